The van der Waals surface area contributed by atoms with Crippen molar-refractivity contribution in [2.24, 2.45) is 5.92 Å². The Morgan fingerprint density at radius 2 is 1.25 bits per heavy atom. The first-order valence-electron chi connectivity index (χ1n) is 13.0. The first-order chi connectivity index (χ1) is 15.4. The number of rotatable bonds is 19. The van der Waals surface area contributed by atoms with Crippen LogP contribution in [0.1, 0.15) is 143 Å². The molecule has 0 aliphatic carbocycles. The molecular formula is C28H46O4. The second kappa shape index (κ2) is 16.7. The van der Waals surface area contributed by atoms with Gasteiger partial charge in [-0.25, -0.2) is 9.59 Å². The minimum absolute atomic E-state index is 0.000466. The van der Waals surface area contributed by atoms with Crippen molar-refractivity contribution in [3.63, 3.8) is 0 Å². The average Bonchev–Trinajstić information content (AvgIpc) is 2.74. The number of unbranched alkanes of at least 4 members (excludes halogenated alkanes) is 11. The summed E-state index contributed by atoms with van der Waals surface area (Å²) in [4.78, 5) is 23.4. The molecule has 182 valence electrons. The normalized spacial score (nSPS) is 11.2. The Morgan fingerprint density at radius 3 is 1.72 bits per heavy atom. The molecule has 4 nitrogen and oxygen atoms in total. The van der Waals surface area contributed by atoms with Gasteiger partial charge in [0.2, 0.25) is 0 Å². The van der Waals surface area contributed by atoms with Crippen LogP contribution in [0.3, 0.4) is 0 Å². The van der Waals surface area contributed by atoms with E-state index in [0.717, 1.165) is 49.1 Å². The van der Waals surface area contributed by atoms with Crippen LogP contribution >= 0.6 is 0 Å². The molecule has 0 unspecified atom stereocenters. The van der Waals surface area contributed by atoms with E-state index in [2.05, 4.69) is 20.8 Å². The summed E-state index contributed by atoms with van der Waals surface area (Å²) in [6.45, 7) is 6.70. The highest BCUT2D eigenvalue weighted by molar-refractivity contribution is 6.03. The van der Waals surface area contributed by atoms with Crippen molar-refractivity contribution < 1.29 is 19.8 Å². The Kier molecular flexibility index (Phi) is 14.8. The van der Waals surface area contributed by atoms with Crippen LogP contribution in [0, 0.1) is 5.92 Å². The summed E-state index contributed by atoms with van der Waals surface area (Å²) in [5.74, 6) is -1.46. The molecule has 4 heteroatoms. The molecule has 2 N–H and O–H groups in total. The predicted octanol–water partition coefficient (Wildman–Crippen LogP) is 8.31. The van der Waals surface area contributed by atoms with Crippen LogP contribution in [0.5, 0.6) is 0 Å². The molecule has 1 aromatic rings. The number of carboxylic acids is 2. The lowest BCUT2D eigenvalue weighted by Gasteiger charge is -2.15. The van der Waals surface area contributed by atoms with Crippen LogP contribution in [0.4, 0.5) is 0 Å². The lowest BCUT2D eigenvalue weighted by Crippen LogP contribution is -2.14. The van der Waals surface area contributed by atoms with Gasteiger partial charge in [0.15, 0.2) is 0 Å². The van der Waals surface area contributed by atoms with Gasteiger partial charge in [-0.1, -0.05) is 104 Å². The van der Waals surface area contributed by atoms with E-state index < -0.39 is 11.9 Å². The number of aryl methyl sites for hydroxylation is 1. The Bertz CT molecular complexity index is 678. The van der Waals surface area contributed by atoms with E-state index >= 15 is 0 Å². The van der Waals surface area contributed by atoms with Gasteiger partial charge in [0.1, 0.15) is 0 Å². The fourth-order valence-electron chi connectivity index (χ4n) is 4.45. The van der Waals surface area contributed by atoms with Crippen molar-refractivity contribution in [1.29, 1.82) is 0 Å². The predicted molar refractivity (Wildman–Crippen MR) is 133 cm³/mol. The molecule has 0 aromatic heterocycles. The quantitative estimate of drug-likeness (QED) is 0.210. The average molecular weight is 447 g/mol. The van der Waals surface area contributed by atoms with E-state index in [0.29, 0.717) is 6.42 Å². The van der Waals surface area contributed by atoms with Crippen molar-refractivity contribution in [3.8, 4) is 0 Å². The minimum atomic E-state index is -1.16. The first kappa shape index (κ1) is 28.2. The molecule has 1 aromatic carbocycles. The maximum atomic E-state index is 11.9. The summed E-state index contributed by atoms with van der Waals surface area (Å²) in [5, 5.41) is 19.1. The van der Waals surface area contributed by atoms with E-state index in [1.54, 1.807) is 0 Å². The zero-order chi connectivity index (χ0) is 23.8. The second-order valence-corrected chi connectivity index (χ2v) is 9.66. The number of carboxylic acid groups (broad SMARTS) is 2. The Morgan fingerprint density at radius 1 is 0.719 bits per heavy atom. The van der Waals surface area contributed by atoms with Gasteiger partial charge in [-0.3, -0.25) is 0 Å². The first-order valence-corrected chi connectivity index (χ1v) is 13.0. The number of aromatic carboxylic acids is 2. The molecule has 1 rings (SSSR count). The van der Waals surface area contributed by atoms with Gasteiger partial charge < -0.3 is 10.2 Å². The van der Waals surface area contributed by atoms with Crippen molar-refractivity contribution in [3.05, 3.63) is 34.4 Å². The van der Waals surface area contributed by atoms with E-state index in [1.165, 1.54) is 70.3 Å². The highest BCUT2D eigenvalue weighted by atomic mass is 16.4. The second-order valence-electron chi connectivity index (χ2n) is 9.66. The fraction of sp³-hybridized carbons (Fsp3) is 0.714. The van der Waals surface area contributed by atoms with Crippen molar-refractivity contribution in [1.82, 2.24) is 0 Å². The third kappa shape index (κ3) is 11.2. The summed E-state index contributed by atoms with van der Waals surface area (Å²) < 4.78 is 0. The summed E-state index contributed by atoms with van der Waals surface area (Å²) in [5.41, 5.74) is 1.66. The molecule has 0 bridgehead atoms. The molecule has 0 saturated carbocycles. The SMILES string of the molecule is CCCCc1ccc(C(=O)O)c(C(=O)O)c1CCCCCCCCCCCCCC(C)C. The van der Waals surface area contributed by atoms with Crippen LogP contribution in [-0.2, 0) is 12.8 Å². The molecule has 0 aliphatic rings. The minimum Gasteiger partial charge on any atom is -0.478 e. The smallest absolute Gasteiger partial charge is 0.336 e. The molecule has 0 heterocycles. The molecule has 32 heavy (non-hydrogen) atoms. The highest BCUT2D eigenvalue weighted by Gasteiger charge is 2.22. The number of hydrogen-bond acceptors (Lipinski definition) is 2. The van der Waals surface area contributed by atoms with Crippen molar-refractivity contribution in [2.45, 2.75) is 124 Å². The molecule has 0 fully saturated rings. The molecule has 0 aliphatic heterocycles. The monoisotopic (exact) mass is 446 g/mol. The van der Waals surface area contributed by atoms with E-state index in [-0.39, 0.29) is 11.1 Å². The largest absolute Gasteiger partial charge is 0.478 e. The van der Waals surface area contributed by atoms with E-state index in [1.807, 2.05) is 6.07 Å². The summed E-state index contributed by atoms with van der Waals surface area (Å²) >= 11 is 0. The maximum absolute atomic E-state index is 11.9. The Balaban J connectivity index is 2.38. The summed E-state index contributed by atoms with van der Waals surface area (Å²) in [7, 11) is 0. The van der Waals surface area contributed by atoms with Gasteiger partial charge in [0.05, 0.1) is 11.1 Å². The molecule has 0 spiro atoms. The summed E-state index contributed by atoms with van der Waals surface area (Å²) in [6, 6.07) is 3.29. The Hall–Kier alpha value is -1.84. The van der Waals surface area contributed by atoms with Crippen LogP contribution in [0.2, 0.25) is 0 Å². The van der Waals surface area contributed by atoms with Gasteiger partial charge in [-0.15, -0.1) is 0 Å². The van der Waals surface area contributed by atoms with Gasteiger partial charge in [0, 0.05) is 0 Å². The van der Waals surface area contributed by atoms with Gasteiger partial charge in [0.25, 0.3) is 0 Å². The van der Waals surface area contributed by atoms with E-state index in [9.17, 15) is 19.8 Å². The molecule has 0 amide bonds. The third-order valence-electron chi connectivity index (χ3n) is 6.36. The maximum Gasteiger partial charge on any atom is 0.336 e. The van der Waals surface area contributed by atoms with Crippen molar-refractivity contribution in [2.75, 3.05) is 0 Å². The highest BCUT2D eigenvalue weighted by Crippen LogP contribution is 2.24. The summed E-state index contributed by atoms with van der Waals surface area (Å²) in [6.07, 6.45) is 18.6. The zero-order valence-electron chi connectivity index (χ0n) is 20.8. The van der Waals surface area contributed by atoms with Gasteiger partial charge >= 0.3 is 11.9 Å². The molecular weight excluding hydrogens is 400 g/mol. The number of carbonyl (C=O) groups is 2. The van der Waals surface area contributed by atoms with Gasteiger partial charge in [-0.05, 0) is 48.8 Å². The molecule has 0 radical (unpaired) electrons. The number of hydrogen-bond donors (Lipinski definition) is 2. The standard InChI is InChI=1S/C28H46O4/c1-4-5-18-23-20-21-25(27(29)30)26(28(31)32)24(23)19-16-14-12-10-8-6-7-9-11-13-15-17-22(2)3/h20-22H,4-19H2,1-3H3,(H,29,30)(H,31,32). The Labute approximate surface area is 195 Å². The van der Waals surface area contributed by atoms with Crippen molar-refractivity contribution >= 4 is 11.9 Å². The zero-order valence-corrected chi connectivity index (χ0v) is 20.8. The lowest BCUT2D eigenvalue weighted by molar-refractivity contribution is 0.0650. The molecule has 0 atom stereocenters. The topological polar surface area (TPSA) is 74.6 Å². The van der Waals surface area contributed by atoms with Crippen LogP contribution in [0.25, 0.3) is 0 Å². The van der Waals surface area contributed by atoms with Crippen LogP contribution in [0.15, 0.2) is 12.1 Å². The lowest BCUT2D eigenvalue weighted by atomic mass is 9.89. The van der Waals surface area contributed by atoms with Gasteiger partial charge in [-0.2, -0.15) is 0 Å². The van der Waals surface area contributed by atoms with Crippen LogP contribution < -0.4 is 0 Å². The fourth-order valence-corrected chi connectivity index (χ4v) is 4.45. The number of benzene rings is 1. The molecule has 0 saturated heterocycles. The third-order valence-corrected chi connectivity index (χ3v) is 6.36. The van der Waals surface area contributed by atoms with E-state index in [4.69, 9.17) is 0 Å². The van der Waals surface area contributed by atoms with Crippen LogP contribution in [-0.4, -0.2) is 22.2 Å².